The van der Waals surface area contributed by atoms with Gasteiger partial charge < -0.3 is 33.5 Å². The van der Waals surface area contributed by atoms with Crippen LogP contribution in [-0.2, 0) is 49.3 Å². The highest BCUT2D eigenvalue weighted by atomic mass is 79.9. The summed E-state index contributed by atoms with van der Waals surface area (Å²) in [6.07, 6.45) is -6.86. The Hall–Kier alpha value is -3.97. The summed E-state index contributed by atoms with van der Waals surface area (Å²) in [6.45, 7) is 4.05. The molecule has 5 atom stereocenters. The molecular formula is C28H29BrO12. The van der Waals surface area contributed by atoms with Crippen molar-refractivity contribution in [1.29, 1.82) is 0 Å². The molecule has 0 saturated carbocycles. The molecule has 2 aromatic carbocycles. The van der Waals surface area contributed by atoms with E-state index in [1.54, 1.807) is 24.3 Å². The van der Waals surface area contributed by atoms with E-state index in [9.17, 15) is 29.1 Å². The third-order valence-corrected chi connectivity index (χ3v) is 6.28. The van der Waals surface area contributed by atoms with Gasteiger partial charge >= 0.3 is 23.9 Å². The predicted molar refractivity (Wildman–Crippen MR) is 143 cm³/mol. The average Bonchev–Trinajstić information content (AvgIpc) is 2.87. The molecule has 1 fully saturated rings. The fourth-order valence-electron chi connectivity index (χ4n) is 4.12. The van der Waals surface area contributed by atoms with Crippen LogP contribution in [0.2, 0.25) is 0 Å². The summed E-state index contributed by atoms with van der Waals surface area (Å²) < 4.78 is 33.7. The molecule has 0 bridgehead atoms. The van der Waals surface area contributed by atoms with E-state index >= 15 is 0 Å². The molecule has 3 rings (SSSR count). The predicted octanol–water partition coefficient (Wildman–Crippen LogP) is 3.04. The van der Waals surface area contributed by atoms with Gasteiger partial charge in [-0.05, 0) is 29.8 Å². The second-order valence-electron chi connectivity index (χ2n) is 9.09. The molecule has 0 amide bonds. The quantitative estimate of drug-likeness (QED) is 0.231. The van der Waals surface area contributed by atoms with Crippen LogP contribution in [0.25, 0.3) is 0 Å². The Morgan fingerprint density at radius 1 is 0.805 bits per heavy atom. The number of hydrogen-bond acceptors (Lipinski definition) is 12. The van der Waals surface area contributed by atoms with Crippen LogP contribution in [-0.4, -0.2) is 72.1 Å². The lowest BCUT2D eigenvalue weighted by Crippen LogP contribution is -2.63. The Bertz CT molecular complexity index is 1290. The largest absolute Gasteiger partial charge is 0.507 e. The monoisotopic (exact) mass is 636 g/mol. The number of phenols is 1. The zero-order chi connectivity index (χ0) is 30.3. The smallest absolute Gasteiger partial charge is 0.303 e. The Kier molecular flexibility index (Phi) is 10.8. The number of ketones is 1. The van der Waals surface area contributed by atoms with Gasteiger partial charge in [0.05, 0.1) is 5.56 Å². The minimum absolute atomic E-state index is 0.00333. The molecular weight excluding hydrogens is 608 g/mol. The minimum atomic E-state index is -1.49. The van der Waals surface area contributed by atoms with Crippen LogP contribution in [0.4, 0.5) is 0 Å². The standard InChI is InChI=1S/C28H29BrO12/c1-14(30)36-13-24-25(37-15(2)31)26(38-16(3)32)27(39-17(4)33)28(41-24)40-20-9-10-21(23(35)12-20)22(34)11-18-5-7-19(29)8-6-18/h5-10,12,24-28,35H,11,13H2,1-4H3/t24-,25+,26+,27+,28+/m0/s1. The summed E-state index contributed by atoms with van der Waals surface area (Å²) in [5.41, 5.74) is 0.789. The number of hydrogen-bond donors (Lipinski definition) is 1. The summed E-state index contributed by atoms with van der Waals surface area (Å²) >= 11 is 3.34. The summed E-state index contributed by atoms with van der Waals surface area (Å²) in [4.78, 5) is 60.1. The van der Waals surface area contributed by atoms with E-state index in [0.717, 1.165) is 37.7 Å². The fourth-order valence-corrected chi connectivity index (χ4v) is 4.39. The summed E-state index contributed by atoms with van der Waals surface area (Å²) in [7, 11) is 0. The Morgan fingerprint density at radius 3 is 1.95 bits per heavy atom. The van der Waals surface area contributed by atoms with E-state index in [0.29, 0.717) is 0 Å². The Balaban J connectivity index is 1.90. The van der Waals surface area contributed by atoms with Crippen molar-refractivity contribution in [3.63, 3.8) is 0 Å². The SMILES string of the molecule is CC(=O)OC[C@@H]1O[C@@H](Oc2ccc(C(=O)Cc3ccc(Br)cc3)c(O)c2)[C@H](OC(C)=O)[C@H](OC(C)=O)[C@@H]1OC(C)=O. The van der Waals surface area contributed by atoms with Crippen LogP contribution in [0, 0.1) is 0 Å². The second kappa shape index (κ2) is 14.1. The molecule has 1 aliphatic heterocycles. The van der Waals surface area contributed by atoms with Crippen LogP contribution in [0.1, 0.15) is 43.6 Å². The first-order valence-corrected chi connectivity index (χ1v) is 13.2. The first-order valence-electron chi connectivity index (χ1n) is 12.4. The molecule has 1 N–H and O–H groups in total. The van der Waals surface area contributed by atoms with Gasteiger partial charge in [-0.1, -0.05) is 28.1 Å². The second-order valence-corrected chi connectivity index (χ2v) is 10.0. The highest BCUT2D eigenvalue weighted by molar-refractivity contribution is 9.10. The van der Waals surface area contributed by atoms with Gasteiger partial charge in [0.2, 0.25) is 12.4 Å². The van der Waals surface area contributed by atoms with E-state index in [-0.39, 0.29) is 29.3 Å². The molecule has 0 radical (unpaired) electrons. The number of phenolic OH excluding ortho intramolecular Hbond substituents is 1. The lowest BCUT2D eigenvalue weighted by atomic mass is 9.98. The maximum Gasteiger partial charge on any atom is 0.303 e. The van der Waals surface area contributed by atoms with Gasteiger partial charge in [-0.3, -0.25) is 24.0 Å². The molecule has 2 aromatic rings. The van der Waals surface area contributed by atoms with E-state index < -0.39 is 61.2 Å². The van der Waals surface area contributed by atoms with Gasteiger partial charge in [-0.2, -0.15) is 0 Å². The lowest BCUT2D eigenvalue weighted by molar-refractivity contribution is -0.288. The molecule has 0 unspecified atom stereocenters. The zero-order valence-electron chi connectivity index (χ0n) is 22.7. The average molecular weight is 637 g/mol. The number of benzene rings is 2. The van der Waals surface area contributed by atoms with Crippen LogP contribution in [0.5, 0.6) is 11.5 Å². The van der Waals surface area contributed by atoms with Crippen molar-refractivity contribution >= 4 is 45.6 Å². The maximum atomic E-state index is 12.8. The molecule has 0 aromatic heterocycles. The summed E-state index contributed by atoms with van der Waals surface area (Å²) in [5, 5.41) is 10.6. The molecule has 1 saturated heterocycles. The Labute approximate surface area is 243 Å². The van der Waals surface area contributed by atoms with Crippen LogP contribution in [0.3, 0.4) is 0 Å². The third kappa shape index (κ3) is 9.02. The summed E-state index contributed by atoms with van der Waals surface area (Å²) in [6, 6.07) is 11.1. The summed E-state index contributed by atoms with van der Waals surface area (Å²) in [5.74, 6) is -3.73. The van der Waals surface area contributed by atoms with Gasteiger partial charge in [0, 0.05) is 44.7 Å². The third-order valence-electron chi connectivity index (χ3n) is 5.75. The van der Waals surface area contributed by atoms with Gasteiger partial charge in [0.15, 0.2) is 18.0 Å². The number of Topliss-reactive ketones (excluding diaryl/α,β-unsaturated/α-hetero) is 1. The molecule has 220 valence electrons. The van der Waals surface area contributed by atoms with Gasteiger partial charge in [-0.25, -0.2) is 0 Å². The Morgan fingerprint density at radius 2 is 1.39 bits per heavy atom. The molecule has 1 heterocycles. The van der Waals surface area contributed by atoms with Crippen molar-refractivity contribution in [2.24, 2.45) is 0 Å². The molecule has 0 aliphatic carbocycles. The number of carbonyl (C=O) groups excluding carboxylic acids is 5. The maximum absolute atomic E-state index is 12.8. The number of esters is 4. The van der Waals surface area contributed by atoms with Crippen molar-refractivity contribution in [2.75, 3.05) is 6.61 Å². The van der Waals surface area contributed by atoms with Gasteiger partial charge in [0.25, 0.3) is 0 Å². The number of aromatic hydroxyl groups is 1. The number of ether oxygens (including phenoxy) is 6. The first kappa shape index (κ1) is 31.6. The number of halogens is 1. The van der Waals surface area contributed by atoms with Crippen LogP contribution in [0.15, 0.2) is 46.9 Å². The molecule has 1 aliphatic rings. The topological polar surface area (TPSA) is 161 Å². The van der Waals surface area contributed by atoms with E-state index in [2.05, 4.69) is 15.9 Å². The molecule has 12 nitrogen and oxygen atoms in total. The van der Waals surface area contributed by atoms with Crippen molar-refractivity contribution in [3.05, 3.63) is 58.1 Å². The van der Waals surface area contributed by atoms with E-state index in [4.69, 9.17) is 28.4 Å². The number of rotatable bonds is 10. The van der Waals surface area contributed by atoms with Crippen molar-refractivity contribution in [3.8, 4) is 11.5 Å². The molecule has 0 spiro atoms. The van der Waals surface area contributed by atoms with Crippen molar-refractivity contribution in [2.45, 2.75) is 64.8 Å². The zero-order valence-corrected chi connectivity index (χ0v) is 24.2. The highest BCUT2D eigenvalue weighted by Gasteiger charge is 2.53. The van der Waals surface area contributed by atoms with Crippen molar-refractivity contribution < 1.29 is 57.5 Å². The lowest BCUT2D eigenvalue weighted by Gasteiger charge is -2.43. The molecule has 41 heavy (non-hydrogen) atoms. The van der Waals surface area contributed by atoms with Gasteiger partial charge in [0.1, 0.15) is 24.2 Å². The van der Waals surface area contributed by atoms with Crippen LogP contribution < -0.4 is 4.74 Å². The van der Waals surface area contributed by atoms with Crippen molar-refractivity contribution in [1.82, 2.24) is 0 Å². The fraction of sp³-hybridized carbons (Fsp3) is 0.393. The molecule has 13 heteroatoms. The van der Waals surface area contributed by atoms with E-state index in [1.807, 2.05) is 0 Å². The van der Waals surface area contributed by atoms with Crippen LogP contribution >= 0.6 is 15.9 Å². The normalized spacial score (nSPS) is 21.7. The highest BCUT2D eigenvalue weighted by Crippen LogP contribution is 2.33. The first-order chi connectivity index (χ1) is 19.3. The number of carbonyl (C=O) groups is 5. The van der Waals surface area contributed by atoms with Gasteiger partial charge in [-0.15, -0.1) is 0 Å². The minimum Gasteiger partial charge on any atom is -0.507 e. The van der Waals surface area contributed by atoms with E-state index in [1.165, 1.54) is 18.2 Å².